The van der Waals surface area contributed by atoms with Crippen molar-refractivity contribution in [2.75, 3.05) is 0 Å². The van der Waals surface area contributed by atoms with Gasteiger partial charge in [0.2, 0.25) is 0 Å². The zero-order valence-corrected chi connectivity index (χ0v) is 14.2. The van der Waals surface area contributed by atoms with Crippen LogP contribution in [0.2, 0.25) is 0 Å². The molecule has 4 rings (SSSR count). The van der Waals surface area contributed by atoms with Crippen LogP contribution in [-0.2, 0) is 0 Å². The molecule has 3 nitrogen and oxygen atoms in total. The lowest BCUT2D eigenvalue weighted by Gasteiger charge is -2.08. The zero-order chi connectivity index (χ0) is 15.8. The molecule has 2 aromatic heterocycles. The summed E-state index contributed by atoms with van der Waals surface area (Å²) in [5.74, 6) is 1.77. The molecular weight excluding hydrogens is 350 g/mol. The molecule has 0 aliphatic heterocycles. The highest BCUT2D eigenvalue weighted by atomic mass is 79.9. The minimum Gasteiger partial charge on any atom is -0.276 e. The maximum absolute atomic E-state index is 4.84. The van der Waals surface area contributed by atoms with Crippen LogP contribution in [0, 0.1) is 6.92 Å². The highest BCUT2D eigenvalue weighted by Crippen LogP contribution is 2.29. The number of pyridine rings is 1. The molecule has 0 atom stereocenters. The van der Waals surface area contributed by atoms with Crippen LogP contribution in [0.15, 0.2) is 71.3 Å². The molecule has 0 aliphatic carbocycles. The molecule has 23 heavy (non-hydrogen) atoms. The quantitative estimate of drug-likeness (QED) is 0.492. The van der Waals surface area contributed by atoms with Gasteiger partial charge in [-0.25, -0.2) is 9.97 Å². The average molecular weight is 364 g/mol. The summed E-state index contributed by atoms with van der Waals surface area (Å²) in [7, 11) is 0. The molecule has 0 fully saturated rings. The number of fused-ring (bicyclic) bond motifs is 1. The maximum Gasteiger partial charge on any atom is 0.146 e. The van der Waals surface area contributed by atoms with Crippen LogP contribution in [0.5, 0.6) is 0 Å². The molecule has 0 saturated carbocycles. The van der Waals surface area contributed by atoms with Crippen molar-refractivity contribution in [3.05, 3.63) is 76.9 Å². The molecule has 0 amide bonds. The van der Waals surface area contributed by atoms with Gasteiger partial charge in [-0.2, -0.15) is 0 Å². The van der Waals surface area contributed by atoms with Gasteiger partial charge in [0.15, 0.2) is 0 Å². The predicted molar refractivity (Wildman–Crippen MR) is 96.7 cm³/mol. The molecule has 0 radical (unpaired) electrons. The minimum atomic E-state index is 0.874. The summed E-state index contributed by atoms with van der Waals surface area (Å²) >= 11 is 3.49. The smallest absolute Gasteiger partial charge is 0.146 e. The Morgan fingerprint density at radius 1 is 0.957 bits per heavy atom. The summed E-state index contributed by atoms with van der Waals surface area (Å²) in [6.07, 6.45) is 1.81. The normalized spacial score (nSPS) is 11.0. The van der Waals surface area contributed by atoms with E-state index in [2.05, 4.69) is 62.7 Å². The summed E-state index contributed by atoms with van der Waals surface area (Å²) < 4.78 is 3.17. The van der Waals surface area contributed by atoms with Crippen molar-refractivity contribution in [3.8, 4) is 17.2 Å². The molecule has 0 aliphatic rings. The molecule has 0 unspecified atom stereocenters. The van der Waals surface area contributed by atoms with E-state index in [4.69, 9.17) is 4.98 Å². The fourth-order valence-electron chi connectivity index (χ4n) is 2.70. The Labute approximate surface area is 142 Å². The Bertz CT molecular complexity index is 973. The summed E-state index contributed by atoms with van der Waals surface area (Å²) in [5.41, 5.74) is 4.31. The van der Waals surface area contributed by atoms with Gasteiger partial charge in [-0.05, 0) is 48.9 Å². The Kier molecular flexibility index (Phi) is 3.46. The van der Waals surface area contributed by atoms with Crippen LogP contribution in [-0.4, -0.2) is 14.5 Å². The van der Waals surface area contributed by atoms with E-state index in [-0.39, 0.29) is 0 Å². The van der Waals surface area contributed by atoms with Crippen molar-refractivity contribution in [3.63, 3.8) is 0 Å². The second-order valence-corrected chi connectivity index (χ2v) is 6.37. The van der Waals surface area contributed by atoms with E-state index >= 15 is 0 Å². The molecule has 0 spiro atoms. The lowest BCUT2D eigenvalue weighted by Crippen LogP contribution is -1.99. The zero-order valence-electron chi connectivity index (χ0n) is 12.6. The highest BCUT2D eigenvalue weighted by molar-refractivity contribution is 9.10. The summed E-state index contributed by atoms with van der Waals surface area (Å²) in [4.78, 5) is 9.36. The molecule has 112 valence electrons. The monoisotopic (exact) mass is 363 g/mol. The van der Waals surface area contributed by atoms with E-state index in [0.29, 0.717) is 0 Å². The second-order valence-electron chi connectivity index (χ2n) is 5.46. The lowest BCUT2D eigenvalue weighted by molar-refractivity contribution is 1.03. The third-order valence-corrected chi connectivity index (χ3v) is 4.32. The Morgan fingerprint density at radius 3 is 2.52 bits per heavy atom. The number of aryl methyl sites for hydroxylation is 1. The second kappa shape index (κ2) is 5.63. The lowest BCUT2D eigenvalue weighted by atomic mass is 10.2. The van der Waals surface area contributed by atoms with E-state index in [0.717, 1.165) is 32.7 Å². The number of nitrogens with zero attached hydrogens (tertiary/aromatic N) is 3. The van der Waals surface area contributed by atoms with Crippen molar-refractivity contribution in [2.45, 2.75) is 6.92 Å². The summed E-state index contributed by atoms with van der Waals surface area (Å²) in [6, 6.07) is 20.4. The highest BCUT2D eigenvalue weighted by Gasteiger charge is 2.15. The van der Waals surface area contributed by atoms with E-state index in [9.17, 15) is 0 Å². The van der Waals surface area contributed by atoms with E-state index in [1.54, 1.807) is 0 Å². The van der Waals surface area contributed by atoms with Crippen LogP contribution in [0.25, 0.3) is 28.2 Å². The van der Waals surface area contributed by atoms with Crippen LogP contribution in [0.1, 0.15) is 5.56 Å². The number of benzene rings is 2. The molecule has 0 N–H and O–H groups in total. The van der Waals surface area contributed by atoms with E-state index < -0.39 is 0 Å². The molecule has 2 aromatic carbocycles. The number of aromatic nitrogens is 3. The number of hydrogen-bond acceptors (Lipinski definition) is 2. The standard InChI is InChI=1S/C19H14BrN3/c1-13-5-10-16-17(12-13)23(18-4-2-3-11-21-18)19(22-16)14-6-8-15(20)9-7-14/h2-12H,1H3. The molecule has 4 aromatic rings. The molecule has 0 bridgehead atoms. The largest absolute Gasteiger partial charge is 0.276 e. The maximum atomic E-state index is 4.84. The minimum absolute atomic E-state index is 0.874. The van der Waals surface area contributed by atoms with Gasteiger partial charge < -0.3 is 0 Å². The molecule has 4 heteroatoms. The SMILES string of the molecule is Cc1ccc2nc(-c3ccc(Br)cc3)n(-c3ccccn3)c2c1. The number of hydrogen-bond donors (Lipinski definition) is 0. The van der Waals surface area contributed by atoms with Gasteiger partial charge >= 0.3 is 0 Å². The number of rotatable bonds is 2. The Morgan fingerprint density at radius 2 is 1.78 bits per heavy atom. The van der Waals surface area contributed by atoms with Crippen molar-refractivity contribution in [1.82, 2.24) is 14.5 Å². The Hall–Kier alpha value is -2.46. The fraction of sp³-hybridized carbons (Fsp3) is 0.0526. The molecule has 0 saturated heterocycles. The topological polar surface area (TPSA) is 30.7 Å². The molecule has 2 heterocycles. The third kappa shape index (κ3) is 2.55. The van der Waals surface area contributed by atoms with Gasteiger partial charge in [0.25, 0.3) is 0 Å². The van der Waals surface area contributed by atoms with E-state index in [1.165, 1.54) is 5.56 Å². The van der Waals surface area contributed by atoms with Crippen LogP contribution in [0.3, 0.4) is 0 Å². The van der Waals surface area contributed by atoms with Gasteiger partial charge in [0, 0.05) is 16.2 Å². The van der Waals surface area contributed by atoms with E-state index in [1.807, 2.05) is 36.5 Å². The summed E-state index contributed by atoms with van der Waals surface area (Å²) in [5, 5.41) is 0. The Balaban J connectivity index is 2.05. The molecular formula is C19H14BrN3. The van der Waals surface area contributed by atoms with Gasteiger partial charge in [-0.15, -0.1) is 0 Å². The number of halogens is 1. The third-order valence-electron chi connectivity index (χ3n) is 3.79. The first-order valence-electron chi connectivity index (χ1n) is 7.39. The van der Waals surface area contributed by atoms with Crippen LogP contribution < -0.4 is 0 Å². The number of imidazole rings is 1. The van der Waals surface area contributed by atoms with Crippen molar-refractivity contribution in [2.24, 2.45) is 0 Å². The summed E-state index contributed by atoms with van der Waals surface area (Å²) in [6.45, 7) is 2.09. The fourth-order valence-corrected chi connectivity index (χ4v) is 2.96. The van der Waals surface area contributed by atoms with Gasteiger partial charge in [0.05, 0.1) is 11.0 Å². The van der Waals surface area contributed by atoms with Gasteiger partial charge in [0.1, 0.15) is 11.6 Å². The van der Waals surface area contributed by atoms with Crippen LogP contribution >= 0.6 is 15.9 Å². The van der Waals surface area contributed by atoms with Gasteiger partial charge in [-0.3, -0.25) is 4.57 Å². The van der Waals surface area contributed by atoms with Crippen molar-refractivity contribution >= 4 is 27.0 Å². The predicted octanol–water partition coefficient (Wildman–Crippen LogP) is 5.16. The van der Waals surface area contributed by atoms with Gasteiger partial charge in [-0.1, -0.05) is 40.2 Å². The first-order valence-corrected chi connectivity index (χ1v) is 8.18. The first kappa shape index (κ1) is 14.2. The van der Waals surface area contributed by atoms with Crippen molar-refractivity contribution < 1.29 is 0 Å². The first-order chi connectivity index (χ1) is 11.2. The van der Waals surface area contributed by atoms with Crippen molar-refractivity contribution in [1.29, 1.82) is 0 Å². The average Bonchev–Trinajstić information content (AvgIpc) is 2.95. The van der Waals surface area contributed by atoms with Crippen LogP contribution in [0.4, 0.5) is 0 Å².